The molecule has 1 aliphatic heterocycles. The maximum Gasteiger partial charge on any atom is 0.168 e. The first-order valence-corrected chi connectivity index (χ1v) is 5.51. The molecule has 3 rings (SSSR count). The van der Waals surface area contributed by atoms with Crippen LogP contribution in [0.4, 0.5) is 20.4 Å². The van der Waals surface area contributed by atoms with Crippen LogP contribution in [0, 0.1) is 11.6 Å². The standard InChI is InChI=1S/C11H11F2N5/c12-7-5-8(13)11(16-10(7)14)18-4-3-17-2-1-15-9(17)6-18/h1-2,5H,3-4,6H2,(H2,14,16). The number of aromatic nitrogens is 3. The van der Waals surface area contributed by atoms with Crippen molar-refractivity contribution in [2.75, 3.05) is 17.2 Å². The lowest BCUT2D eigenvalue weighted by molar-refractivity contribution is 0.529. The van der Waals surface area contributed by atoms with E-state index in [4.69, 9.17) is 5.73 Å². The van der Waals surface area contributed by atoms with Crippen molar-refractivity contribution in [3.63, 3.8) is 0 Å². The molecule has 0 unspecified atom stereocenters. The van der Waals surface area contributed by atoms with E-state index < -0.39 is 11.6 Å². The Balaban J connectivity index is 1.95. The fourth-order valence-corrected chi connectivity index (χ4v) is 2.05. The highest BCUT2D eigenvalue weighted by atomic mass is 19.1. The molecule has 0 spiro atoms. The molecule has 0 aliphatic carbocycles. The zero-order valence-corrected chi connectivity index (χ0v) is 9.48. The molecule has 1 aliphatic rings. The van der Waals surface area contributed by atoms with Crippen molar-refractivity contribution in [2.45, 2.75) is 13.1 Å². The van der Waals surface area contributed by atoms with Crippen molar-refractivity contribution in [3.8, 4) is 0 Å². The Morgan fingerprint density at radius 3 is 2.89 bits per heavy atom. The number of hydrogen-bond donors (Lipinski definition) is 1. The number of hydrogen-bond acceptors (Lipinski definition) is 4. The Morgan fingerprint density at radius 1 is 1.22 bits per heavy atom. The molecule has 0 amide bonds. The largest absolute Gasteiger partial charge is 0.381 e. The second-order valence-corrected chi connectivity index (χ2v) is 4.12. The van der Waals surface area contributed by atoms with Crippen LogP contribution in [0.3, 0.4) is 0 Å². The molecule has 2 aromatic rings. The molecule has 5 nitrogen and oxygen atoms in total. The zero-order chi connectivity index (χ0) is 12.7. The molecule has 7 heteroatoms. The number of nitrogens with zero attached hydrogens (tertiary/aromatic N) is 4. The number of pyridine rings is 1. The number of nitrogens with two attached hydrogens (primary N) is 1. The molecule has 0 atom stereocenters. The van der Waals surface area contributed by atoms with E-state index in [0.717, 1.165) is 11.9 Å². The molecule has 94 valence electrons. The molecule has 0 aromatic carbocycles. The van der Waals surface area contributed by atoms with Crippen molar-refractivity contribution in [3.05, 3.63) is 35.9 Å². The van der Waals surface area contributed by atoms with Gasteiger partial charge in [0.25, 0.3) is 0 Å². The predicted octanol–water partition coefficient (Wildman–Crippen LogP) is 1.16. The molecule has 0 saturated heterocycles. The average molecular weight is 251 g/mol. The van der Waals surface area contributed by atoms with Gasteiger partial charge in [-0.05, 0) is 0 Å². The number of halogens is 2. The summed E-state index contributed by atoms with van der Waals surface area (Å²) in [6.45, 7) is 1.70. The van der Waals surface area contributed by atoms with E-state index in [1.807, 2.05) is 10.8 Å². The Labute approximate surface area is 102 Å². The SMILES string of the molecule is Nc1nc(N2CCn3ccnc3C2)c(F)cc1F. The van der Waals surface area contributed by atoms with Gasteiger partial charge in [0.05, 0.1) is 6.54 Å². The van der Waals surface area contributed by atoms with Crippen molar-refractivity contribution in [1.82, 2.24) is 14.5 Å². The van der Waals surface area contributed by atoms with Crippen LogP contribution in [-0.2, 0) is 13.1 Å². The second-order valence-electron chi connectivity index (χ2n) is 4.12. The Morgan fingerprint density at radius 2 is 2.06 bits per heavy atom. The molecular weight excluding hydrogens is 240 g/mol. The zero-order valence-electron chi connectivity index (χ0n) is 9.48. The highest BCUT2D eigenvalue weighted by Gasteiger charge is 2.21. The van der Waals surface area contributed by atoms with Crippen LogP contribution in [0.25, 0.3) is 0 Å². The van der Waals surface area contributed by atoms with Crippen molar-refractivity contribution >= 4 is 11.6 Å². The monoisotopic (exact) mass is 251 g/mol. The predicted molar refractivity (Wildman–Crippen MR) is 61.8 cm³/mol. The third-order valence-electron chi connectivity index (χ3n) is 2.98. The molecular formula is C11H11F2N5. The minimum atomic E-state index is -0.838. The van der Waals surface area contributed by atoms with Crippen LogP contribution in [0.15, 0.2) is 18.5 Å². The Bertz CT molecular complexity index is 595. The van der Waals surface area contributed by atoms with E-state index in [2.05, 4.69) is 9.97 Å². The van der Waals surface area contributed by atoms with Gasteiger partial charge < -0.3 is 15.2 Å². The number of imidazole rings is 1. The number of rotatable bonds is 1. The first kappa shape index (κ1) is 10.9. The highest BCUT2D eigenvalue weighted by Crippen LogP contribution is 2.23. The summed E-state index contributed by atoms with van der Waals surface area (Å²) in [7, 11) is 0. The molecule has 2 aromatic heterocycles. The Hall–Kier alpha value is -2.18. The van der Waals surface area contributed by atoms with Gasteiger partial charge in [0, 0.05) is 31.5 Å². The Kier molecular flexibility index (Phi) is 2.39. The second kappa shape index (κ2) is 3.94. The van der Waals surface area contributed by atoms with Gasteiger partial charge in [-0.15, -0.1) is 0 Å². The van der Waals surface area contributed by atoms with E-state index in [1.165, 1.54) is 0 Å². The van der Waals surface area contributed by atoms with Gasteiger partial charge in [0.2, 0.25) is 0 Å². The summed E-state index contributed by atoms with van der Waals surface area (Å²) < 4.78 is 28.7. The van der Waals surface area contributed by atoms with Crippen molar-refractivity contribution in [2.24, 2.45) is 0 Å². The number of anilines is 2. The van der Waals surface area contributed by atoms with Crippen LogP contribution in [0.2, 0.25) is 0 Å². The normalized spacial score (nSPS) is 14.7. The molecule has 2 N–H and O–H groups in total. The topological polar surface area (TPSA) is 60.0 Å². The quantitative estimate of drug-likeness (QED) is 0.826. The van der Waals surface area contributed by atoms with Crippen LogP contribution < -0.4 is 10.6 Å². The van der Waals surface area contributed by atoms with E-state index in [1.54, 1.807) is 11.1 Å². The van der Waals surface area contributed by atoms with E-state index in [-0.39, 0.29) is 11.6 Å². The third kappa shape index (κ3) is 1.68. The van der Waals surface area contributed by atoms with Gasteiger partial charge in [-0.25, -0.2) is 18.7 Å². The molecule has 0 saturated carbocycles. The lowest BCUT2D eigenvalue weighted by atomic mass is 10.3. The van der Waals surface area contributed by atoms with E-state index in [9.17, 15) is 8.78 Å². The molecule has 3 heterocycles. The lowest BCUT2D eigenvalue weighted by Crippen LogP contribution is -2.35. The fourth-order valence-electron chi connectivity index (χ4n) is 2.05. The minimum absolute atomic E-state index is 0.0724. The summed E-state index contributed by atoms with van der Waals surface area (Å²) >= 11 is 0. The summed E-state index contributed by atoms with van der Waals surface area (Å²) in [5, 5.41) is 0. The van der Waals surface area contributed by atoms with Gasteiger partial charge in [0.1, 0.15) is 5.82 Å². The highest BCUT2D eigenvalue weighted by molar-refractivity contribution is 5.47. The van der Waals surface area contributed by atoms with Gasteiger partial charge in [-0.2, -0.15) is 0 Å². The van der Waals surface area contributed by atoms with Crippen molar-refractivity contribution < 1.29 is 8.78 Å². The summed E-state index contributed by atoms with van der Waals surface area (Å²) in [6.07, 6.45) is 3.57. The maximum atomic E-state index is 13.7. The third-order valence-corrected chi connectivity index (χ3v) is 2.98. The van der Waals surface area contributed by atoms with Crippen LogP contribution in [0.5, 0.6) is 0 Å². The van der Waals surface area contributed by atoms with Crippen LogP contribution >= 0.6 is 0 Å². The number of fused-ring (bicyclic) bond motifs is 1. The van der Waals surface area contributed by atoms with Gasteiger partial charge >= 0.3 is 0 Å². The lowest BCUT2D eigenvalue weighted by Gasteiger charge is -2.28. The fraction of sp³-hybridized carbons (Fsp3) is 0.273. The first-order valence-electron chi connectivity index (χ1n) is 5.51. The van der Waals surface area contributed by atoms with Gasteiger partial charge in [-0.3, -0.25) is 0 Å². The summed E-state index contributed by atoms with van der Waals surface area (Å²) in [4.78, 5) is 9.64. The molecule has 18 heavy (non-hydrogen) atoms. The summed E-state index contributed by atoms with van der Waals surface area (Å²) in [6, 6.07) is 0.763. The van der Waals surface area contributed by atoms with Crippen LogP contribution in [0.1, 0.15) is 5.82 Å². The average Bonchev–Trinajstić information content (AvgIpc) is 2.80. The molecule has 0 fully saturated rings. The minimum Gasteiger partial charge on any atom is -0.381 e. The van der Waals surface area contributed by atoms with Gasteiger partial charge in [-0.1, -0.05) is 0 Å². The first-order chi connectivity index (χ1) is 8.65. The van der Waals surface area contributed by atoms with E-state index in [0.29, 0.717) is 19.6 Å². The van der Waals surface area contributed by atoms with E-state index >= 15 is 0 Å². The smallest absolute Gasteiger partial charge is 0.168 e. The van der Waals surface area contributed by atoms with Crippen LogP contribution in [-0.4, -0.2) is 21.1 Å². The molecule has 0 bridgehead atoms. The summed E-state index contributed by atoms with van der Waals surface area (Å²) in [5.74, 6) is -0.940. The van der Waals surface area contributed by atoms with Gasteiger partial charge in [0.15, 0.2) is 23.3 Å². The summed E-state index contributed by atoms with van der Waals surface area (Å²) in [5.41, 5.74) is 5.37. The number of nitrogen functional groups attached to an aromatic ring is 1. The molecule has 0 radical (unpaired) electrons. The maximum absolute atomic E-state index is 13.7. The van der Waals surface area contributed by atoms with Crippen molar-refractivity contribution in [1.29, 1.82) is 0 Å².